The molecule has 92 valence electrons. The Labute approximate surface area is 112 Å². The SMILES string of the molecule is O=C(O)c1ccc(F)c(Sc2ccc(Cl)cn2)c1. The topological polar surface area (TPSA) is 50.2 Å². The summed E-state index contributed by atoms with van der Waals surface area (Å²) in [6.07, 6.45) is 1.45. The zero-order valence-corrected chi connectivity index (χ0v) is 10.5. The number of carboxylic acid groups (broad SMARTS) is 1. The molecule has 1 heterocycles. The van der Waals surface area contributed by atoms with Gasteiger partial charge in [-0.25, -0.2) is 14.2 Å². The molecule has 0 atom stereocenters. The Morgan fingerprint density at radius 3 is 2.72 bits per heavy atom. The van der Waals surface area contributed by atoms with E-state index in [4.69, 9.17) is 16.7 Å². The lowest BCUT2D eigenvalue weighted by Gasteiger charge is -2.04. The van der Waals surface area contributed by atoms with Gasteiger partial charge in [0.25, 0.3) is 0 Å². The lowest BCUT2D eigenvalue weighted by molar-refractivity contribution is 0.0696. The minimum Gasteiger partial charge on any atom is -0.478 e. The zero-order chi connectivity index (χ0) is 13.1. The molecule has 1 aromatic heterocycles. The van der Waals surface area contributed by atoms with Crippen LogP contribution in [0.25, 0.3) is 0 Å². The largest absolute Gasteiger partial charge is 0.478 e. The number of hydrogen-bond acceptors (Lipinski definition) is 3. The van der Waals surface area contributed by atoms with Crippen LogP contribution in [0.4, 0.5) is 4.39 Å². The summed E-state index contributed by atoms with van der Waals surface area (Å²) in [6.45, 7) is 0. The van der Waals surface area contributed by atoms with Gasteiger partial charge in [0, 0.05) is 6.20 Å². The average Bonchev–Trinajstić information content (AvgIpc) is 2.34. The second-order valence-corrected chi connectivity index (χ2v) is 4.87. The van der Waals surface area contributed by atoms with E-state index in [1.165, 1.54) is 18.3 Å². The predicted molar refractivity (Wildman–Crippen MR) is 66.7 cm³/mol. The van der Waals surface area contributed by atoms with Crippen LogP contribution in [-0.4, -0.2) is 16.1 Å². The van der Waals surface area contributed by atoms with Gasteiger partial charge in [-0.1, -0.05) is 23.4 Å². The molecule has 2 rings (SSSR count). The molecule has 6 heteroatoms. The molecule has 0 aliphatic carbocycles. The Morgan fingerprint density at radius 1 is 1.33 bits per heavy atom. The van der Waals surface area contributed by atoms with Crippen molar-refractivity contribution in [2.24, 2.45) is 0 Å². The van der Waals surface area contributed by atoms with Crippen molar-refractivity contribution < 1.29 is 14.3 Å². The number of rotatable bonds is 3. The Bertz CT molecular complexity index is 589. The molecular formula is C12H7ClFNO2S. The van der Waals surface area contributed by atoms with Crippen molar-refractivity contribution >= 4 is 29.3 Å². The third kappa shape index (κ3) is 3.00. The molecular weight excluding hydrogens is 277 g/mol. The Balaban J connectivity index is 2.30. The minimum atomic E-state index is -1.10. The molecule has 0 saturated carbocycles. The molecule has 0 saturated heterocycles. The van der Waals surface area contributed by atoms with E-state index in [-0.39, 0.29) is 10.5 Å². The molecule has 1 N–H and O–H groups in total. The van der Waals surface area contributed by atoms with Crippen LogP contribution in [0.1, 0.15) is 10.4 Å². The first-order chi connectivity index (χ1) is 8.56. The third-order valence-electron chi connectivity index (χ3n) is 2.09. The standard InChI is InChI=1S/C12H7ClFNO2S/c13-8-2-4-11(15-6-8)18-10-5-7(12(16)17)1-3-9(10)14/h1-6H,(H,16,17). The van der Waals surface area contributed by atoms with Gasteiger partial charge < -0.3 is 5.11 Å². The highest BCUT2D eigenvalue weighted by molar-refractivity contribution is 7.99. The smallest absolute Gasteiger partial charge is 0.335 e. The monoisotopic (exact) mass is 283 g/mol. The third-order valence-corrected chi connectivity index (χ3v) is 3.30. The van der Waals surface area contributed by atoms with Crippen molar-refractivity contribution in [1.29, 1.82) is 0 Å². The van der Waals surface area contributed by atoms with Gasteiger partial charge in [-0.2, -0.15) is 0 Å². The normalized spacial score (nSPS) is 10.3. The zero-order valence-electron chi connectivity index (χ0n) is 8.93. The summed E-state index contributed by atoms with van der Waals surface area (Å²) in [5.41, 5.74) is 0.0351. The van der Waals surface area contributed by atoms with Crippen molar-refractivity contribution in [1.82, 2.24) is 4.98 Å². The van der Waals surface area contributed by atoms with Crippen LogP contribution in [0.5, 0.6) is 0 Å². The number of aromatic carboxylic acids is 1. The summed E-state index contributed by atoms with van der Waals surface area (Å²) in [5.74, 6) is -1.58. The first-order valence-electron chi connectivity index (χ1n) is 4.88. The maximum atomic E-state index is 13.5. The van der Waals surface area contributed by atoms with Gasteiger partial charge in [-0.3, -0.25) is 0 Å². The number of nitrogens with zero attached hydrogens (tertiary/aromatic N) is 1. The Morgan fingerprint density at radius 2 is 2.11 bits per heavy atom. The van der Waals surface area contributed by atoms with Gasteiger partial charge in [-0.05, 0) is 30.3 Å². The molecule has 0 spiro atoms. The van der Waals surface area contributed by atoms with E-state index in [2.05, 4.69) is 4.98 Å². The quantitative estimate of drug-likeness (QED) is 0.932. The number of pyridine rings is 1. The molecule has 2 aromatic rings. The predicted octanol–water partition coefficient (Wildman–Crippen LogP) is 3.72. The summed E-state index contributed by atoms with van der Waals surface area (Å²) in [4.78, 5) is 15.0. The molecule has 18 heavy (non-hydrogen) atoms. The van der Waals surface area contributed by atoms with Crippen molar-refractivity contribution in [3.8, 4) is 0 Å². The van der Waals surface area contributed by atoms with Crippen LogP contribution in [0.3, 0.4) is 0 Å². The Hall–Kier alpha value is -1.59. The highest BCUT2D eigenvalue weighted by Gasteiger charge is 2.10. The second-order valence-electron chi connectivity index (χ2n) is 3.37. The Kier molecular flexibility index (Phi) is 3.84. The van der Waals surface area contributed by atoms with E-state index in [9.17, 15) is 9.18 Å². The van der Waals surface area contributed by atoms with E-state index in [1.54, 1.807) is 12.1 Å². The van der Waals surface area contributed by atoms with Crippen molar-refractivity contribution in [3.05, 3.63) is 52.9 Å². The van der Waals surface area contributed by atoms with Gasteiger partial charge in [0.1, 0.15) is 10.8 Å². The van der Waals surface area contributed by atoms with Gasteiger partial charge in [-0.15, -0.1) is 0 Å². The van der Waals surface area contributed by atoms with Crippen LogP contribution >= 0.6 is 23.4 Å². The van der Waals surface area contributed by atoms with E-state index >= 15 is 0 Å². The summed E-state index contributed by atoms with van der Waals surface area (Å²) >= 11 is 6.74. The number of carboxylic acids is 1. The summed E-state index contributed by atoms with van der Waals surface area (Å²) in [5, 5.41) is 9.87. The van der Waals surface area contributed by atoms with Crippen LogP contribution in [-0.2, 0) is 0 Å². The molecule has 3 nitrogen and oxygen atoms in total. The fourth-order valence-corrected chi connectivity index (χ4v) is 2.18. The van der Waals surface area contributed by atoms with Crippen LogP contribution < -0.4 is 0 Å². The molecule has 0 aliphatic rings. The van der Waals surface area contributed by atoms with Gasteiger partial charge in [0.15, 0.2) is 0 Å². The number of hydrogen-bond donors (Lipinski definition) is 1. The highest BCUT2D eigenvalue weighted by Crippen LogP contribution is 2.29. The lowest BCUT2D eigenvalue weighted by atomic mass is 10.2. The minimum absolute atomic E-state index is 0.0351. The van der Waals surface area contributed by atoms with Crippen LogP contribution in [0.15, 0.2) is 46.5 Å². The van der Waals surface area contributed by atoms with E-state index in [0.29, 0.717) is 10.0 Å². The number of carbonyl (C=O) groups is 1. The molecule has 0 aliphatic heterocycles. The van der Waals surface area contributed by atoms with Crippen LogP contribution in [0, 0.1) is 5.82 Å². The molecule has 0 radical (unpaired) electrons. The highest BCUT2D eigenvalue weighted by atomic mass is 35.5. The van der Waals surface area contributed by atoms with Gasteiger partial charge in [0.2, 0.25) is 0 Å². The summed E-state index contributed by atoms with van der Waals surface area (Å²) < 4.78 is 13.5. The number of halogens is 2. The first-order valence-corrected chi connectivity index (χ1v) is 6.08. The first kappa shape index (κ1) is 12.9. The maximum absolute atomic E-state index is 13.5. The fourth-order valence-electron chi connectivity index (χ4n) is 1.25. The summed E-state index contributed by atoms with van der Waals surface area (Å²) in [6, 6.07) is 6.90. The molecule has 0 unspecified atom stereocenters. The second kappa shape index (κ2) is 5.37. The van der Waals surface area contributed by atoms with Gasteiger partial charge >= 0.3 is 5.97 Å². The average molecular weight is 284 g/mol. The molecule has 1 aromatic carbocycles. The van der Waals surface area contributed by atoms with Gasteiger partial charge in [0.05, 0.1) is 15.5 Å². The molecule has 0 fully saturated rings. The fraction of sp³-hybridized carbons (Fsp3) is 0. The van der Waals surface area contributed by atoms with Crippen molar-refractivity contribution in [2.45, 2.75) is 9.92 Å². The lowest BCUT2D eigenvalue weighted by Crippen LogP contribution is -1.97. The van der Waals surface area contributed by atoms with E-state index in [1.807, 2.05) is 0 Å². The maximum Gasteiger partial charge on any atom is 0.335 e. The van der Waals surface area contributed by atoms with E-state index < -0.39 is 11.8 Å². The van der Waals surface area contributed by atoms with E-state index in [0.717, 1.165) is 17.8 Å². The summed E-state index contributed by atoms with van der Waals surface area (Å²) in [7, 11) is 0. The number of benzene rings is 1. The van der Waals surface area contributed by atoms with Crippen LogP contribution in [0.2, 0.25) is 5.02 Å². The molecule has 0 bridgehead atoms. The van der Waals surface area contributed by atoms with Crippen molar-refractivity contribution in [2.75, 3.05) is 0 Å². The van der Waals surface area contributed by atoms with Crippen molar-refractivity contribution in [3.63, 3.8) is 0 Å². The molecule has 0 amide bonds. The number of aromatic nitrogens is 1.